The summed E-state index contributed by atoms with van der Waals surface area (Å²) in [7, 11) is 0. The topological polar surface area (TPSA) is 41.5 Å². The Kier molecular flexibility index (Phi) is 6.19. The highest BCUT2D eigenvalue weighted by Crippen LogP contribution is 2.38. The smallest absolute Gasteiger partial charge is 0.0771 e. The van der Waals surface area contributed by atoms with E-state index < -0.39 is 5.60 Å². The van der Waals surface area contributed by atoms with Crippen LogP contribution in [0.15, 0.2) is 18.2 Å². The first-order chi connectivity index (χ1) is 12.0. The number of fused-ring (bicyclic) bond motifs is 1. The molecule has 0 bridgehead atoms. The van der Waals surface area contributed by atoms with Crippen LogP contribution < -0.4 is 5.32 Å². The molecule has 140 valence electrons. The minimum absolute atomic E-state index is 0.427. The zero-order valence-electron chi connectivity index (χ0n) is 16.2. The average Bonchev–Trinajstić information content (AvgIpc) is 2.61. The van der Waals surface area contributed by atoms with Gasteiger partial charge >= 0.3 is 0 Å². The van der Waals surface area contributed by atoms with Crippen LogP contribution >= 0.6 is 0 Å². The Balaban J connectivity index is 1.48. The van der Waals surface area contributed by atoms with Crippen molar-refractivity contribution in [1.82, 2.24) is 5.32 Å². The molecule has 0 radical (unpaired) electrons. The molecule has 3 rings (SSSR count). The molecular weight excluding hydrogens is 310 g/mol. The molecular formula is C22H35NO2. The van der Waals surface area contributed by atoms with Crippen LogP contribution in [0, 0.1) is 17.8 Å². The Morgan fingerprint density at radius 2 is 1.96 bits per heavy atom. The molecule has 1 saturated carbocycles. The Morgan fingerprint density at radius 1 is 1.20 bits per heavy atom. The summed E-state index contributed by atoms with van der Waals surface area (Å²) in [6, 6.07) is 6.67. The highest BCUT2D eigenvalue weighted by molar-refractivity contribution is 5.32. The van der Waals surface area contributed by atoms with Gasteiger partial charge in [0.1, 0.15) is 0 Å². The van der Waals surface area contributed by atoms with Crippen LogP contribution in [0.4, 0.5) is 0 Å². The van der Waals surface area contributed by atoms with Gasteiger partial charge < -0.3 is 15.2 Å². The molecule has 0 aromatic heterocycles. The molecule has 1 atom stereocenters. The van der Waals surface area contributed by atoms with E-state index in [1.54, 1.807) is 0 Å². The van der Waals surface area contributed by atoms with Gasteiger partial charge in [-0.25, -0.2) is 0 Å². The van der Waals surface area contributed by atoms with E-state index in [1.165, 1.54) is 29.5 Å². The molecule has 3 heteroatoms. The Labute approximate surface area is 153 Å². The monoisotopic (exact) mass is 345 g/mol. The number of benzene rings is 1. The predicted molar refractivity (Wildman–Crippen MR) is 102 cm³/mol. The minimum Gasteiger partial charge on any atom is -0.389 e. The number of hydrogen-bond acceptors (Lipinski definition) is 3. The van der Waals surface area contributed by atoms with Gasteiger partial charge in [-0.15, -0.1) is 0 Å². The molecule has 25 heavy (non-hydrogen) atoms. The normalized spacial score (nSPS) is 26.3. The van der Waals surface area contributed by atoms with E-state index >= 15 is 0 Å². The minimum atomic E-state index is -0.607. The fourth-order valence-electron chi connectivity index (χ4n) is 4.54. The van der Waals surface area contributed by atoms with Gasteiger partial charge in [-0.05, 0) is 73.5 Å². The standard InChI is InChI=1S/C22H35NO2/c1-16(2)18-6-8-21(9-7-18)22(3,24)15-23-13-17-4-5-20-14-25-11-10-19(20)12-17/h4-5,12,16,18,21,23-24H,6-11,13-15H2,1-3H3. The van der Waals surface area contributed by atoms with Gasteiger partial charge in [0, 0.05) is 13.1 Å². The second-order valence-electron chi connectivity index (χ2n) is 8.72. The zero-order valence-corrected chi connectivity index (χ0v) is 16.2. The van der Waals surface area contributed by atoms with E-state index in [-0.39, 0.29) is 0 Å². The lowest BCUT2D eigenvalue weighted by molar-refractivity contribution is -0.0240. The third-order valence-electron chi connectivity index (χ3n) is 6.45. The van der Waals surface area contributed by atoms with Gasteiger partial charge in [-0.3, -0.25) is 0 Å². The Morgan fingerprint density at radius 3 is 2.68 bits per heavy atom. The van der Waals surface area contributed by atoms with Gasteiger partial charge in [0.25, 0.3) is 0 Å². The summed E-state index contributed by atoms with van der Waals surface area (Å²) >= 11 is 0. The van der Waals surface area contributed by atoms with Crippen LogP contribution in [0.1, 0.15) is 63.1 Å². The molecule has 0 amide bonds. The van der Waals surface area contributed by atoms with E-state index in [1.807, 2.05) is 6.92 Å². The molecule has 0 spiro atoms. The van der Waals surface area contributed by atoms with E-state index in [2.05, 4.69) is 37.4 Å². The van der Waals surface area contributed by atoms with Crippen LogP contribution in [-0.4, -0.2) is 23.9 Å². The molecule has 1 aromatic rings. The van der Waals surface area contributed by atoms with E-state index in [9.17, 15) is 5.11 Å². The largest absolute Gasteiger partial charge is 0.389 e. The van der Waals surface area contributed by atoms with Crippen LogP contribution in [0.2, 0.25) is 0 Å². The molecule has 1 fully saturated rings. The summed E-state index contributed by atoms with van der Waals surface area (Å²) in [5.74, 6) is 2.05. The molecule has 1 heterocycles. The lowest BCUT2D eigenvalue weighted by atomic mass is 9.71. The van der Waals surface area contributed by atoms with Crippen molar-refractivity contribution in [3.05, 3.63) is 34.9 Å². The van der Waals surface area contributed by atoms with Gasteiger partial charge in [-0.2, -0.15) is 0 Å². The summed E-state index contributed by atoms with van der Waals surface area (Å²) < 4.78 is 5.50. The van der Waals surface area contributed by atoms with Crippen LogP contribution in [0.3, 0.4) is 0 Å². The van der Waals surface area contributed by atoms with Crippen molar-refractivity contribution in [1.29, 1.82) is 0 Å². The highest BCUT2D eigenvalue weighted by Gasteiger charge is 2.35. The maximum absolute atomic E-state index is 11.0. The van der Waals surface area contributed by atoms with E-state index in [0.717, 1.165) is 50.9 Å². The first kappa shape index (κ1) is 18.9. The van der Waals surface area contributed by atoms with E-state index in [4.69, 9.17) is 4.74 Å². The first-order valence-corrected chi connectivity index (χ1v) is 10.1. The average molecular weight is 346 g/mol. The van der Waals surface area contributed by atoms with Crippen molar-refractivity contribution in [2.24, 2.45) is 17.8 Å². The van der Waals surface area contributed by atoms with Gasteiger partial charge in [0.15, 0.2) is 0 Å². The summed E-state index contributed by atoms with van der Waals surface area (Å²) in [6.07, 6.45) is 5.88. The molecule has 3 nitrogen and oxygen atoms in total. The number of ether oxygens (including phenoxy) is 1. The Bertz CT molecular complexity index is 559. The Hall–Kier alpha value is -0.900. The van der Waals surface area contributed by atoms with Crippen molar-refractivity contribution in [3.63, 3.8) is 0 Å². The highest BCUT2D eigenvalue weighted by atomic mass is 16.5. The van der Waals surface area contributed by atoms with E-state index in [0.29, 0.717) is 12.5 Å². The molecule has 1 aliphatic heterocycles. The van der Waals surface area contributed by atoms with Crippen molar-refractivity contribution < 1.29 is 9.84 Å². The van der Waals surface area contributed by atoms with Crippen LogP contribution in [0.5, 0.6) is 0 Å². The first-order valence-electron chi connectivity index (χ1n) is 10.1. The molecule has 1 aromatic carbocycles. The number of rotatable bonds is 6. The van der Waals surface area contributed by atoms with Crippen molar-refractivity contribution in [3.8, 4) is 0 Å². The fourth-order valence-corrected chi connectivity index (χ4v) is 4.54. The summed E-state index contributed by atoms with van der Waals surface area (Å²) in [5, 5.41) is 14.5. The van der Waals surface area contributed by atoms with Crippen molar-refractivity contribution >= 4 is 0 Å². The number of aliphatic hydroxyl groups is 1. The molecule has 2 N–H and O–H groups in total. The number of hydrogen-bond donors (Lipinski definition) is 2. The quantitative estimate of drug-likeness (QED) is 0.817. The van der Waals surface area contributed by atoms with Crippen LogP contribution in [-0.2, 0) is 24.3 Å². The van der Waals surface area contributed by atoms with Gasteiger partial charge in [-0.1, -0.05) is 32.0 Å². The summed E-state index contributed by atoms with van der Waals surface area (Å²) in [5.41, 5.74) is 3.44. The maximum atomic E-state index is 11.0. The third-order valence-corrected chi connectivity index (χ3v) is 6.45. The third kappa shape index (κ3) is 4.84. The molecule has 0 saturated heterocycles. The lowest BCUT2D eigenvalue weighted by Crippen LogP contribution is -2.45. The van der Waals surface area contributed by atoms with Gasteiger partial charge in [0.05, 0.1) is 18.8 Å². The SMILES string of the molecule is CC(C)C1CCC(C(C)(O)CNCc2ccc3c(c2)CCOC3)CC1. The predicted octanol–water partition coefficient (Wildman–Crippen LogP) is 4.06. The van der Waals surface area contributed by atoms with Crippen LogP contribution in [0.25, 0.3) is 0 Å². The maximum Gasteiger partial charge on any atom is 0.0771 e. The second-order valence-corrected chi connectivity index (χ2v) is 8.72. The summed E-state index contributed by atoms with van der Waals surface area (Å²) in [6.45, 7) is 9.75. The molecule has 1 aliphatic carbocycles. The number of nitrogens with one attached hydrogen (secondary N) is 1. The fraction of sp³-hybridized carbons (Fsp3) is 0.727. The molecule has 1 unspecified atom stereocenters. The zero-order chi connectivity index (χ0) is 17.9. The lowest BCUT2D eigenvalue weighted by Gasteiger charge is -2.39. The van der Waals surface area contributed by atoms with Gasteiger partial charge in [0.2, 0.25) is 0 Å². The summed E-state index contributed by atoms with van der Waals surface area (Å²) in [4.78, 5) is 0. The molecule has 2 aliphatic rings. The van der Waals surface area contributed by atoms with Crippen molar-refractivity contribution in [2.45, 2.75) is 71.6 Å². The van der Waals surface area contributed by atoms with Crippen molar-refractivity contribution in [2.75, 3.05) is 13.2 Å². The second kappa shape index (κ2) is 8.20.